The molecule has 0 fully saturated rings. The molecule has 0 amide bonds. The second-order valence-corrected chi connectivity index (χ2v) is 2.25. The van der Waals surface area contributed by atoms with Crippen molar-refractivity contribution < 1.29 is 15.4 Å². The fourth-order valence-electron chi connectivity index (χ4n) is 0.497. The van der Waals surface area contributed by atoms with Crippen molar-refractivity contribution in [3.63, 3.8) is 0 Å². The summed E-state index contributed by atoms with van der Waals surface area (Å²) in [6.45, 7) is 3.76. The molecule has 0 saturated carbocycles. The fraction of sp³-hybridized carbons (Fsp3) is 0.833. The van der Waals surface area contributed by atoms with Crippen molar-refractivity contribution in [2.45, 2.75) is 26.3 Å². The van der Waals surface area contributed by atoms with Gasteiger partial charge in [0.15, 0.2) is 0 Å². The van der Waals surface area contributed by atoms with Crippen LogP contribution in [0.4, 0.5) is 0 Å². The van der Waals surface area contributed by atoms with Crippen LogP contribution >= 0.6 is 0 Å². The van der Waals surface area contributed by atoms with Crippen LogP contribution in [0.1, 0.15) is 20.3 Å². The number of hydrogen-bond acceptors (Lipinski definition) is 2. The Morgan fingerprint density at radius 1 is 1.64 bits per heavy atom. The molecule has 0 aliphatic rings. The summed E-state index contributed by atoms with van der Waals surface area (Å²) < 4.78 is 0. The molecule has 11 heavy (non-hydrogen) atoms. The molecule has 0 aromatic carbocycles. The number of aliphatic carboxylic acids is 1. The molecule has 0 spiro atoms. The molecule has 0 saturated heterocycles. The Balaban J connectivity index is -0.000000320. The largest absolute Gasteiger partial charge is 2.00 e. The Kier molecular flexibility index (Phi) is 14.0. The molecule has 0 aliphatic carbocycles. The molecule has 0 aromatic heterocycles. The predicted octanol–water partition coefficient (Wildman–Crippen LogP) is -0.0552. The summed E-state index contributed by atoms with van der Waals surface area (Å²) in [7, 11) is 0. The van der Waals surface area contributed by atoms with Gasteiger partial charge in [0.1, 0.15) is 6.04 Å². The Bertz CT molecular complexity index is 110. The first-order valence-corrected chi connectivity index (χ1v) is 3.08. The molecule has 5 heteroatoms. The van der Waals surface area contributed by atoms with Crippen LogP contribution in [0.25, 0.3) is 0 Å². The van der Waals surface area contributed by atoms with Crippen LogP contribution < -0.4 is 5.73 Å². The molecule has 0 heterocycles. The van der Waals surface area contributed by atoms with Gasteiger partial charge in [-0.2, -0.15) is 0 Å². The zero-order valence-corrected chi connectivity index (χ0v) is 9.12. The molecular weight excluding hydrogens is 174 g/mol. The van der Waals surface area contributed by atoms with Crippen LogP contribution in [0.2, 0.25) is 0 Å². The normalized spacial score (nSPS) is 13.7. The van der Waals surface area contributed by atoms with Gasteiger partial charge in [-0.3, -0.25) is 4.79 Å². The van der Waals surface area contributed by atoms with Crippen molar-refractivity contribution >= 4 is 43.7 Å². The van der Waals surface area contributed by atoms with Crippen LogP contribution in [0.15, 0.2) is 0 Å². The second-order valence-electron chi connectivity index (χ2n) is 2.25. The van der Waals surface area contributed by atoms with Gasteiger partial charge < -0.3 is 16.3 Å². The van der Waals surface area contributed by atoms with Gasteiger partial charge in [0, 0.05) is 0 Å². The first-order chi connectivity index (χ1) is 4.09. The maximum Gasteiger partial charge on any atom is 2.00 e. The summed E-state index contributed by atoms with van der Waals surface area (Å²) in [5, 5.41) is 8.36. The van der Waals surface area contributed by atoms with Gasteiger partial charge in [0.25, 0.3) is 0 Å². The van der Waals surface area contributed by atoms with Crippen LogP contribution in [0, 0.1) is 5.92 Å². The van der Waals surface area contributed by atoms with Crippen molar-refractivity contribution in [1.29, 1.82) is 0 Å². The van der Waals surface area contributed by atoms with Gasteiger partial charge in [-0.1, -0.05) is 20.3 Å². The summed E-state index contributed by atoms with van der Waals surface area (Å²) in [6, 6.07) is -0.699. The molecule has 4 nitrogen and oxygen atoms in total. The quantitative estimate of drug-likeness (QED) is 0.606. The number of carboxylic acids is 1. The maximum absolute atomic E-state index is 10.2. The third-order valence-electron chi connectivity index (χ3n) is 1.54. The standard InChI is InChI=1S/C6H13NO2.Ca.O/c1-3-4(2)5(7)6(8)9;;/h4-5H,3,7H2,1-2H3,(H,8,9);;/q;+2;-2/t4-,5-;;/m0../s1. The summed E-state index contributed by atoms with van der Waals surface area (Å²) in [4.78, 5) is 10.2. The topological polar surface area (TPSA) is 91.8 Å². The minimum absolute atomic E-state index is 0. The first kappa shape index (κ1) is 17.7. The Labute approximate surface area is 96.5 Å². The van der Waals surface area contributed by atoms with Crippen LogP contribution in [0.3, 0.4) is 0 Å². The van der Waals surface area contributed by atoms with E-state index < -0.39 is 12.0 Å². The van der Waals surface area contributed by atoms with E-state index in [0.717, 1.165) is 6.42 Å². The zero-order chi connectivity index (χ0) is 7.44. The molecule has 3 N–H and O–H groups in total. The second kappa shape index (κ2) is 8.74. The SMILES string of the molecule is CC[C@H](C)[C@H](N)C(=O)O.[Ca+2].[O-2]. The van der Waals surface area contributed by atoms with E-state index in [1.165, 1.54) is 0 Å². The van der Waals surface area contributed by atoms with Gasteiger partial charge in [0.2, 0.25) is 0 Å². The Hall–Kier alpha value is 0.650. The van der Waals surface area contributed by atoms with Gasteiger partial charge in [0.05, 0.1) is 0 Å². The summed E-state index contributed by atoms with van der Waals surface area (Å²) in [5.41, 5.74) is 5.27. The Morgan fingerprint density at radius 2 is 2.00 bits per heavy atom. The fourth-order valence-corrected chi connectivity index (χ4v) is 0.497. The van der Waals surface area contributed by atoms with E-state index in [0.29, 0.717) is 0 Å². The first-order valence-electron chi connectivity index (χ1n) is 3.08. The van der Waals surface area contributed by atoms with Crippen molar-refractivity contribution in [2.24, 2.45) is 11.7 Å². The molecule has 0 bridgehead atoms. The molecule has 62 valence electrons. The van der Waals surface area contributed by atoms with Crippen molar-refractivity contribution in [2.75, 3.05) is 0 Å². The molecule has 0 aliphatic heterocycles. The van der Waals surface area contributed by atoms with Crippen molar-refractivity contribution in [3.05, 3.63) is 0 Å². The van der Waals surface area contributed by atoms with Gasteiger partial charge >= 0.3 is 43.7 Å². The minimum Gasteiger partial charge on any atom is -2.00 e. The van der Waals surface area contributed by atoms with E-state index in [-0.39, 0.29) is 49.1 Å². The van der Waals surface area contributed by atoms with E-state index >= 15 is 0 Å². The maximum atomic E-state index is 10.2. The summed E-state index contributed by atoms with van der Waals surface area (Å²) in [5.74, 6) is -0.841. The number of carboxylic acid groups (broad SMARTS) is 1. The Morgan fingerprint density at radius 3 is 2.09 bits per heavy atom. The van der Waals surface area contributed by atoms with Gasteiger partial charge in [-0.05, 0) is 5.92 Å². The molecule has 0 radical (unpaired) electrons. The average molecular weight is 187 g/mol. The van der Waals surface area contributed by atoms with Gasteiger partial charge in [-0.15, -0.1) is 0 Å². The van der Waals surface area contributed by atoms with Crippen molar-refractivity contribution in [3.8, 4) is 0 Å². The summed E-state index contributed by atoms with van der Waals surface area (Å²) in [6.07, 6.45) is 0.813. The third-order valence-corrected chi connectivity index (χ3v) is 1.54. The minimum atomic E-state index is -0.913. The van der Waals surface area contributed by atoms with Crippen molar-refractivity contribution in [1.82, 2.24) is 0 Å². The smallest absolute Gasteiger partial charge is 2.00 e. The van der Waals surface area contributed by atoms with E-state index in [1.54, 1.807) is 0 Å². The monoisotopic (exact) mass is 187 g/mol. The van der Waals surface area contributed by atoms with E-state index in [4.69, 9.17) is 10.8 Å². The van der Waals surface area contributed by atoms with E-state index in [2.05, 4.69) is 0 Å². The zero-order valence-electron chi connectivity index (χ0n) is 6.91. The molecular formula is C6H13CaNO3. The number of rotatable bonds is 3. The summed E-state index contributed by atoms with van der Waals surface area (Å²) >= 11 is 0. The van der Waals surface area contributed by atoms with Crippen LogP contribution in [0.5, 0.6) is 0 Å². The molecule has 0 rings (SSSR count). The number of carbonyl (C=O) groups is 1. The molecule has 2 atom stereocenters. The van der Waals surface area contributed by atoms with Gasteiger partial charge in [-0.25, -0.2) is 0 Å². The van der Waals surface area contributed by atoms with E-state index in [1.807, 2.05) is 13.8 Å². The third kappa shape index (κ3) is 7.03. The molecule has 0 aromatic rings. The number of nitrogens with two attached hydrogens (primary N) is 1. The predicted molar refractivity (Wildman–Crippen MR) is 41.5 cm³/mol. The van der Waals surface area contributed by atoms with Crippen LogP contribution in [-0.2, 0) is 10.3 Å². The average Bonchev–Trinajstić information content (AvgIpc) is 1.84. The van der Waals surface area contributed by atoms with E-state index in [9.17, 15) is 4.79 Å². The number of hydrogen-bond donors (Lipinski definition) is 2. The van der Waals surface area contributed by atoms with Crippen LogP contribution in [-0.4, -0.2) is 54.9 Å². The molecule has 0 unspecified atom stereocenters.